The van der Waals surface area contributed by atoms with Gasteiger partial charge in [-0.2, -0.15) is 0 Å². The second-order valence-electron chi connectivity index (χ2n) is 4.53. The maximum Gasteiger partial charge on any atom is 0.132 e. The van der Waals surface area contributed by atoms with E-state index >= 15 is 0 Å². The van der Waals surface area contributed by atoms with Crippen LogP contribution in [-0.2, 0) is 0 Å². The van der Waals surface area contributed by atoms with Crippen LogP contribution in [0, 0.1) is 23.3 Å². The summed E-state index contributed by atoms with van der Waals surface area (Å²) >= 11 is 0. The average Bonchev–Trinajstić information content (AvgIpc) is 2.42. The molecule has 1 atom stereocenters. The lowest BCUT2D eigenvalue weighted by atomic mass is 10.2. The Bertz CT molecular complexity index is 593. The molecule has 1 unspecified atom stereocenters. The lowest BCUT2D eigenvalue weighted by Crippen LogP contribution is -2.13. The Morgan fingerprint density at radius 2 is 1.58 bits per heavy atom. The number of benzene rings is 2. The van der Waals surface area contributed by atoms with Crippen LogP contribution in [0.15, 0.2) is 54.6 Å². The van der Waals surface area contributed by atoms with Crippen LogP contribution in [0.1, 0.15) is 13.8 Å². The van der Waals surface area contributed by atoms with Crippen LogP contribution in [0.2, 0.25) is 0 Å². The SMILES string of the molecule is CC(C)C#CP(c1ccccc1)c1ccccc1F. The normalized spacial score (nSPS) is 11.8. The van der Waals surface area contributed by atoms with Crippen molar-refractivity contribution in [1.82, 2.24) is 0 Å². The summed E-state index contributed by atoms with van der Waals surface area (Å²) in [5.41, 5.74) is 3.27. The van der Waals surface area contributed by atoms with Gasteiger partial charge in [0.2, 0.25) is 0 Å². The molecule has 0 fully saturated rings. The van der Waals surface area contributed by atoms with Crippen LogP contribution >= 0.6 is 7.92 Å². The molecule has 0 heterocycles. The molecule has 0 N–H and O–H groups in total. The Labute approximate surface area is 115 Å². The highest BCUT2D eigenvalue weighted by atomic mass is 31.1. The second-order valence-corrected chi connectivity index (χ2v) is 6.43. The van der Waals surface area contributed by atoms with Crippen molar-refractivity contribution in [3.8, 4) is 11.6 Å². The van der Waals surface area contributed by atoms with E-state index in [4.69, 9.17) is 0 Å². The average molecular weight is 270 g/mol. The highest BCUT2D eigenvalue weighted by Crippen LogP contribution is 2.33. The lowest BCUT2D eigenvalue weighted by Gasteiger charge is -2.12. The molecule has 0 aliphatic heterocycles. The van der Waals surface area contributed by atoms with Crippen molar-refractivity contribution >= 4 is 18.5 Å². The maximum atomic E-state index is 14.0. The van der Waals surface area contributed by atoms with E-state index in [-0.39, 0.29) is 5.82 Å². The smallest absolute Gasteiger partial charge is 0.132 e. The molecule has 0 saturated heterocycles. The van der Waals surface area contributed by atoms with Crippen LogP contribution in [0.5, 0.6) is 0 Å². The van der Waals surface area contributed by atoms with Gasteiger partial charge in [0.25, 0.3) is 0 Å². The summed E-state index contributed by atoms with van der Waals surface area (Å²) in [4.78, 5) is 0. The zero-order valence-corrected chi connectivity index (χ0v) is 12.0. The molecule has 0 aliphatic carbocycles. The molecule has 0 amide bonds. The fourth-order valence-electron chi connectivity index (χ4n) is 1.67. The van der Waals surface area contributed by atoms with Gasteiger partial charge in [0.05, 0.1) is 0 Å². The van der Waals surface area contributed by atoms with Gasteiger partial charge < -0.3 is 0 Å². The molecule has 0 saturated carbocycles. The number of hydrogen-bond acceptors (Lipinski definition) is 0. The minimum atomic E-state index is -0.940. The largest absolute Gasteiger partial charge is 0.206 e. The van der Waals surface area contributed by atoms with Crippen molar-refractivity contribution in [3.05, 3.63) is 60.4 Å². The molecule has 0 radical (unpaired) electrons. The quantitative estimate of drug-likeness (QED) is 0.574. The first kappa shape index (κ1) is 13.8. The van der Waals surface area contributed by atoms with E-state index in [1.807, 2.05) is 56.3 Å². The van der Waals surface area contributed by atoms with Gasteiger partial charge in [-0.3, -0.25) is 0 Å². The Balaban J connectivity index is 2.48. The standard InChI is InChI=1S/C17H16FP/c1-14(2)12-13-19(15-8-4-3-5-9-15)17-11-7-6-10-16(17)18/h3-11,14H,1-2H3. The third-order valence-corrected chi connectivity index (χ3v) is 4.58. The first-order valence-corrected chi connectivity index (χ1v) is 7.63. The van der Waals surface area contributed by atoms with Gasteiger partial charge in [0.15, 0.2) is 0 Å². The van der Waals surface area contributed by atoms with Gasteiger partial charge in [0.1, 0.15) is 5.82 Å². The summed E-state index contributed by atoms with van der Waals surface area (Å²) < 4.78 is 14.0. The molecule has 96 valence electrons. The van der Waals surface area contributed by atoms with Crippen molar-refractivity contribution in [2.45, 2.75) is 13.8 Å². The van der Waals surface area contributed by atoms with E-state index in [1.165, 1.54) is 6.07 Å². The zero-order chi connectivity index (χ0) is 13.7. The van der Waals surface area contributed by atoms with Gasteiger partial charge in [-0.25, -0.2) is 4.39 Å². The van der Waals surface area contributed by atoms with Crippen molar-refractivity contribution in [2.75, 3.05) is 0 Å². The topological polar surface area (TPSA) is 0 Å². The molecule has 2 heteroatoms. The van der Waals surface area contributed by atoms with Crippen LogP contribution in [0.3, 0.4) is 0 Å². The van der Waals surface area contributed by atoms with Crippen LogP contribution < -0.4 is 10.6 Å². The first-order chi connectivity index (χ1) is 9.18. The van der Waals surface area contributed by atoms with E-state index in [1.54, 1.807) is 6.07 Å². The van der Waals surface area contributed by atoms with Gasteiger partial charge in [0, 0.05) is 19.1 Å². The number of hydrogen-bond donors (Lipinski definition) is 0. The second kappa shape index (κ2) is 6.50. The summed E-state index contributed by atoms with van der Waals surface area (Å²) in [6.45, 7) is 4.10. The van der Waals surface area contributed by atoms with E-state index in [0.717, 1.165) is 5.30 Å². The highest BCUT2D eigenvalue weighted by molar-refractivity contribution is 7.77. The third-order valence-electron chi connectivity index (χ3n) is 2.57. The van der Waals surface area contributed by atoms with Crippen LogP contribution in [0.4, 0.5) is 4.39 Å². The molecule has 0 aliphatic rings. The van der Waals surface area contributed by atoms with E-state index in [0.29, 0.717) is 11.2 Å². The first-order valence-electron chi connectivity index (χ1n) is 6.29. The Kier molecular flexibility index (Phi) is 4.72. The zero-order valence-electron chi connectivity index (χ0n) is 11.1. The minimum absolute atomic E-state index is 0.171. The van der Waals surface area contributed by atoms with E-state index in [9.17, 15) is 4.39 Å². The predicted octanol–water partition coefficient (Wildman–Crippen LogP) is 3.88. The van der Waals surface area contributed by atoms with Gasteiger partial charge in [-0.15, -0.1) is 0 Å². The van der Waals surface area contributed by atoms with Gasteiger partial charge in [-0.05, 0) is 11.4 Å². The molecule has 0 nitrogen and oxygen atoms in total. The lowest BCUT2D eigenvalue weighted by molar-refractivity contribution is 0.636. The third kappa shape index (κ3) is 3.66. The Hall–Kier alpha value is -1.64. The minimum Gasteiger partial charge on any atom is -0.206 e. The summed E-state index contributed by atoms with van der Waals surface area (Å²) in [6, 6.07) is 16.9. The van der Waals surface area contributed by atoms with E-state index < -0.39 is 7.92 Å². The molecule has 0 bridgehead atoms. The molecular weight excluding hydrogens is 254 g/mol. The molecule has 2 aromatic carbocycles. The van der Waals surface area contributed by atoms with Crippen molar-refractivity contribution in [2.24, 2.45) is 5.92 Å². The Morgan fingerprint density at radius 1 is 0.947 bits per heavy atom. The van der Waals surface area contributed by atoms with Crippen molar-refractivity contribution in [3.63, 3.8) is 0 Å². The summed E-state index contributed by atoms with van der Waals surface area (Å²) in [5, 5.41) is 1.80. The molecular formula is C17H16FP. The molecule has 0 spiro atoms. The molecule has 0 aromatic heterocycles. The fraction of sp³-hybridized carbons (Fsp3) is 0.176. The molecule has 2 aromatic rings. The molecule has 19 heavy (non-hydrogen) atoms. The van der Waals surface area contributed by atoms with Crippen LogP contribution in [0.25, 0.3) is 0 Å². The maximum absolute atomic E-state index is 14.0. The van der Waals surface area contributed by atoms with Gasteiger partial charge >= 0.3 is 0 Å². The van der Waals surface area contributed by atoms with Crippen molar-refractivity contribution in [1.29, 1.82) is 0 Å². The predicted molar refractivity (Wildman–Crippen MR) is 81.6 cm³/mol. The number of rotatable bonds is 2. The number of halogens is 1. The van der Waals surface area contributed by atoms with Crippen LogP contribution in [-0.4, -0.2) is 0 Å². The van der Waals surface area contributed by atoms with Gasteiger partial charge in [-0.1, -0.05) is 74.0 Å². The summed E-state index contributed by atoms with van der Waals surface area (Å²) in [5.74, 6) is 3.30. The Morgan fingerprint density at radius 3 is 2.21 bits per heavy atom. The summed E-state index contributed by atoms with van der Waals surface area (Å²) in [7, 11) is -0.940. The van der Waals surface area contributed by atoms with Crippen molar-refractivity contribution < 1.29 is 4.39 Å². The molecule has 2 rings (SSSR count). The monoisotopic (exact) mass is 270 g/mol. The summed E-state index contributed by atoms with van der Waals surface area (Å²) in [6.07, 6.45) is 0. The highest BCUT2D eigenvalue weighted by Gasteiger charge is 2.14. The van der Waals surface area contributed by atoms with E-state index in [2.05, 4.69) is 11.6 Å². The fourth-order valence-corrected chi connectivity index (χ4v) is 3.58.